The highest BCUT2D eigenvalue weighted by Crippen LogP contribution is 2.30. The zero-order valence-corrected chi connectivity index (χ0v) is 9.38. The second-order valence-corrected chi connectivity index (χ2v) is 4.31. The minimum atomic E-state index is -0.549. The number of rotatable bonds is 4. The summed E-state index contributed by atoms with van der Waals surface area (Å²) in [5, 5.41) is 10.7. The molecule has 0 radical (unpaired) electrons. The molecule has 1 aliphatic rings. The smallest absolute Gasteiger partial charge is 0.288 e. The van der Waals surface area contributed by atoms with Gasteiger partial charge in [-0.05, 0) is 19.8 Å². The summed E-state index contributed by atoms with van der Waals surface area (Å²) in [7, 11) is 0. The lowest BCUT2D eigenvalue weighted by molar-refractivity contribution is -0.385. The molecule has 1 fully saturated rings. The van der Waals surface area contributed by atoms with Crippen LogP contribution in [0.3, 0.4) is 0 Å². The van der Waals surface area contributed by atoms with Crippen molar-refractivity contribution < 1.29 is 9.72 Å². The van der Waals surface area contributed by atoms with Crippen molar-refractivity contribution >= 4 is 11.5 Å². The highest BCUT2D eigenvalue weighted by atomic mass is 16.6. The van der Waals surface area contributed by atoms with E-state index in [0.29, 0.717) is 5.56 Å². The number of nitrogens with zero attached hydrogens (tertiary/aromatic N) is 2. The van der Waals surface area contributed by atoms with Crippen LogP contribution in [0.2, 0.25) is 0 Å². The molecule has 0 amide bonds. The Balaban J connectivity index is 2.32. The number of ketones is 1. The van der Waals surface area contributed by atoms with Crippen molar-refractivity contribution in [2.75, 3.05) is 0 Å². The first kappa shape index (κ1) is 11.5. The third kappa shape index (κ3) is 2.41. The van der Waals surface area contributed by atoms with Gasteiger partial charge in [0.05, 0.1) is 17.7 Å². The molecule has 90 valence electrons. The second-order valence-electron chi connectivity index (χ2n) is 4.31. The van der Waals surface area contributed by atoms with E-state index in [1.807, 2.05) is 0 Å². The van der Waals surface area contributed by atoms with Gasteiger partial charge in [0, 0.05) is 17.5 Å². The first-order valence-electron chi connectivity index (χ1n) is 5.37. The van der Waals surface area contributed by atoms with Crippen LogP contribution in [0.4, 0.5) is 5.69 Å². The van der Waals surface area contributed by atoms with Crippen LogP contribution < -0.4 is 5.56 Å². The number of pyridine rings is 1. The molecule has 1 aliphatic carbocycles. The van der Waals surface area contributed by atoms with Crippen LogP contribution >= 0.6 is 0 Å². The lowest BCUT2D eigenvalue weighted by atomic mass is 10.2. The molecule has 0 bridgehead atoms. The number of carbonyl (C=O) groups is 1. The maximum atomic E-state index is 11.6. The van der Waals surface area contributed by atoms with E-state index in [0.717, 1.165) is 23.6 Å². The van der Waals surface area contributed by atoms with Crippen LogP contribution in [-0.4, -0.2) is 15.3 Å². The lowest BCUT2D eigenvalue weighted by Gasteiger charge is -2.05. The number of Topliss-reactive ketones (excluding diaryl/α,β-unsaturated/α-hetero) is 1. The van der Waals surface area contributed by atoms with Crippen molar-refractivity contribution in [1.82, 2.24) is 4.57 Å². The molecule has 0 aliphatic heterocycles. The van der Waals surface area contributed by atoms with E-state index in [1.54, 1.807) is 0 Å². The van der Waals surface area contributed by atoms with Crippen LogP contribution in [0.1, 0.15) is 18.4 Å². The normalized spacial score (nSPS) is 14.6. The fourth-order valence-corrected chi connectivity index (χ4v) is 1.67. The Kier molecular flexibility index (Phi) is 2.79. The van der Waals surface area contributed by atoms with E-state index in [4.69, 9.17) is 0 Å². The molecule has 1 saturated carbocycles. The molecule has 0 spiro atoms. The van der Waals surface area contributed by atoms with Gasteiger partial charge >= 0.3 is 0 Å². The summed E-state index contributed by atoms with van der Waals surface area (Å²) < 4.78 is 1.12. The molecular weight excluding hydrogens is 224 g/mol. The Morgan fingerprint density at radius 2 is 2.24 bits per heavy atom. The molecule has 0 unspecified atom stereocenters. The maximum Gasteiger partial charge on any atom is 0.288 e. The molecule has 2 rings (SSSR count). The summed E-state index contributed by atoms with van der Waals surface area (Å²) >= 11 is 0. The van der Waals surface area contributed by atoms with Crippen molar-refractivity contribution in [3.8, 4) is 0 Å². The first-order chi connectivity index (χ1) is 7.99. The Morgan fingerprint density at radius 3 is 2.76 bits per heavy atom. The third-order valence-corrected chi connectivity index (χ3v) is 2.86. The number of nitro groups is 1. The van der Waals surface area contributed by atoms with Gasteiger partial charge in [-0.2, -0.15) is 0 Å². The van der Waals surface area contributed by atoms with Crippen molar-refractivity contribution in [2.24, 2.45) is 5.92 Å². The Morgan fingerprint density at radius 1 is 1.59 bits per heavy atom. The van der Waals surface area contributed by atoms with Gasteiger partial charge in [0.15, 0.2) is 5.78 Å². The molecule has 1 aromatic rings. The quantitative estimate of drug-likeness (QED) is 0.577. The third-order valence-electron chi connectivity index (χ3n) is 2.86. The van der Waals surface area contributed by atoms with Gasteiger partial charge in [0.1, 0.15) is 0 Å². The zero-order valence-electron chi connectivity index (χ0n) is 9.38. The highest BCUT2D eigenvalue weighted by molar-refractivity contribution is 5.82. The standard InChI is InChI=1S/C11H12N2O4/c1-7-4-11(15)12(5-9(7)13(16)17)6-10(14)8-2-3-8/h4-5,8H,2-3,6H2,1H3. The minimum Gasteiger partial charge on any atom is -0.301 e. The molecule has 0 N–H and O–H groups in total. The van der Waals surface area contributed by atoms with Crippen LogP contribution in [0, 0.1) is 23.0 Å². The summed E-state index contributed by atoms with van der Waals surface area (Å²) in [5.74, 6) is 0.0208. The van der Waals surface area contributed by atoms with Gasteiger partial charge in [0.2, 0.25) is 0 Å². The molecular formula is C11H12N2O4. The van der Waals surface area contributed by atoms with E-state index in [2.05, 4.69) is 0 Å². The molecule has 17 heavy (non-hydrogen) atoms. The Hall–Kier alpha value is -1.98. The number of aromatic nitrogens is 1. The van der Waals surface area contributed by atoms with Crippen LogP contribution in [0.5, 0.6) is 0 Å². The first-order valence-corrected chi connectivity index (χ1v) is 5.37. The SMILES string of the molecule is Cc1cc(=O)n(CC(=O)C2CC2)cc1[N+](=O)[O-]. The van der Waals surface area contributed by atoms with Crippen LogP contribution in [0.15, 0.2) is 17.1 Å². The van der Waals surface area contributed by atoms with Gasteiger partial charge in [-0.15, -0.1) is 0 Å². The van der Waals surface area contributed by atoms with E-state index >= 15 is 0 Å². The fourth-order valence-electron chi connectivity index (χ4n) is 1.67. The average Bonchev–Trinajstić information content (AvgIpc) is 3.04. The van der Waals surface area contributed by atoms with Crippen molar-refractivity contribution in [2.45, 2.75) is 26.3 Å². The number of aryl methyl sites for hydroxylation is 1. The summed E-state index contributed by atoms with van der Waals surface area (Å²) in [6.07, 6.45) is 2.88. The van der Waals surface area contributed by atoms with E-state index in [-0.39, 0.29) is 29.5 Å². The zero-order chi connectivity index (χ0) is 12.6. The van der Waals surface area contributed by atoms with Gasteiger partial charge in [0.25, 0.3) is 11.2 Å². The van der Waals surface area contributed by atoms with Gasteiger partial charge in [-0.25, -0.2) is 0 Å². The summed E-state index contributed by atoms with van der Waals surface area (Å²) in [6.45, 7) is 1.44. The predicted octanol–water partition coefficient (Wildman–Crippen LogP) is 1.04. The molecule has 6 nitrogen and oxygen atoms in total. The molecule has 0 aromatic carbocycles. The topological polar surface area (TPSA) is 82.2 Å². The number of hydrogen-bond acceptors (Lipinski definition) is 4. The summed E-state index contributed by atoms with van der Waals surface area (Å²) in [6, 6.07) is 1.19. The largest absolute Gasteiger partial charge is 0.301 e. The number of hydrogen-bond donors (Lipinski definition) is 0. The second kappa shape index (κ2) is 4.12. The molecule has 1 aromatic heterocycles. The predicted molar refractivity (Wildman–Crippen MR) is 59.8 cm³/mol. The summed E-state index contributed by atoms with van der Waals surface area (Å²) in [4.78, 5) is 33.3. The number of carbonyl (C=O) groups excluding carboxylic acids is 1. The highest BCUT2D eigenvalue weighted by Gasteiger charge is 2.29. The molecule has 0 atom stereocenters. The van der Waals surface area contributed by atoms with Gasteiger partial charge in [-0.1, -0.05) is 0 Å². The minimum absolute atomic E-state index is 0.0229. The van der Waals surface area contributed by atoms with Crippen molar-refractivity contribution in [1.29, 1.82) is 0 Å². The molecule has 0 saturated heterocycles. The Bertz CT molecular complexity index is 543. The fraction of sp³-hybridized carbons (Fsp3) is 0.455. The van der Waals surface area contributed by atoms with Crippen molar-refractivity contribution in [3.05, 3.63) is 38.3 Å². The van der Waals surface area contributed by atoms with E-state index in [9.17, 15) is 19.7 Å². The lowest BCUT2D eigenvalue weighted by Crippen LogP contribution is -2.24. The van der Waals surface area contributed by atoms with Crippen molar-refractivity contribution in [3.63, 3.8) is 0 Å². The molecule has 1 heterocycles. The monoisotopic (exact) mass is 236 g/mol. The van der Waals surface area contributed by atoms with Crippen LogP contribution in [-0.2, 0) is 11.3 Å². The van der Waals surface area contributed by atoms with Gasteiger partial charge < -0.3 is 4.57 Å². The Labute approximate surface area is 97.0 Å². The summed E-state index contributed by atoms with van der Waals surface area (Å²) in [5.41, 5.74) is -0.189. The van der Waals surface area contributed by atoms with Crippen LogP contribution in [0.25, 0.3) is 0 Å². The van der Waals surface area contributed by atoms with E-state index < -0.39 is 4.92 Å². The van der Waals surface area contributed by atoms with Gasteiger partial charge in [-0.3, -0.25) is 19.7 Å². The maximum absolute atomic E-state index is 11.6. The molecule has 6 heteroatoms. The van der Waals surface area contributed by atoms with E-state index in [1.165, 1.54) is 13.0 Å². The average molecular weight is 236 g/mol.